The first-order valence-corrected chi connectivity index (χ1v) is 8.68. The van der Waals surface area contributed by atoms with E-state index in [4.69, 9.17) is 0 Å². The van der Waals surface area contributed by atoms with Crippen LogP contribution in [0.3, 0.4) is 0 Å². The van der Waals surface area contributed by atoms with Crippen LogP contribution in [-0.4, -0.2) is 10.9 Å². The van der Waals surface area contributed by atoms with Crippen LogP contribution in [0.5, 0.6) is 0 Å². The largest absolute Gasteiger partial charge is 0.351 e. The fourth-order valence-corrected chi connectivity index (χ4v) is 3.58. The van der Waals surface area contributed by atoms with E-state index in [1.807, 2.05) is 19.1 Å². The van der Waals surface area contributed by atoms with Crippen LogP contribution >= 0.6 is 11.3 Å². The highest BCUT2D eigenvalue weighted by molar-refractivity contribution is 7.15. The van der Waals surface area contributed by atoms with Crippen LogP contribution in [0.15, 0.2) is 24.3 Å². The summed E-state index contributed by atoms with van der Waals surface area (Å²) < 4.78 is 0. The molecule has 0 unspecified atom stereocenters. The Balaban J connectivity index is 2.11. The van der Waals surface area contributed by atoms with Gasteiger partial charge in [0.25, 0.3) is 0 Å². The van der Waals surface area contributed by atoms with Crippen molar-refractivity contribution in [2.75, 3.05) is 0 Å². The van der Waals surface area contributed by atoms with Gasteiger partial charge in [0.1, 0.15) is 5.01 Å². The summed E-state index contributed by atoms with van der Waals surface area (Å²) in [6, 6.07) is 8.27. The van der Waals surface area contributed by atoms with Gasteiger partial charge in [-0.15, -0.1) is 11.3 Å². The van der Waals surface area contributed by atoms with Gasteiger partial charge in [-0.2, -0.15) is 0 Å². The fraction of sp³-hybridized carbons (Fsp3) is 0.444. The quantitative estimate of drug-likeness (QED) is 0.853. The number of aryl methyl sites for hydroxylation is 2. The first-order chi connectivity index (χ1) is 10.6. The highest BCUT2D eigenvalue weighted by Crippen LogP contribution is 2.30. The van der Waals surface area contributed by atoms with Gasteiger partial charge in [0, 0.05) is 16.4 Å². The van der Waals surface area contributed by atoms with Crippen LogP contribution in [-0.2, 0) is 11.3 Å². The number of thiazole rings is 1. The van der Waals surface area contributed by atoms with Crippen molar-refractivity contribution in [3.8, 4) is 10.6 Å². The van der Waals surface area contributed by atoms with E-state index in [1.165, 1.54) is 11.1 Å². The van der Waals surface area contributed by atoms with Gasteiger partial charge in [0.05, 0.1) is 12.2 Å². The van der Waals surface area contributed by atoms with Crippen molar-refractivity contribution in [3.05, 3.63) is 40.4 Å². The Morgan fingerprint density at radius 3 is 2.55 bits per heavy atom. The first-order valence-electron chi connectivity index (χ1n) is 7.86. The minimum atomic E-state index is 0.115. The Morgan fingerprint density at radius 1 is 1.23 bits per heavy atom. The molecule has 1 amide bonds. The number of amides is 1. The Hall–Kier alpha value is -1.68. The molecule has 0 saturated heterocycles. The van der Waals surface area contributed by atoms with E-state index < -0.39 is 0 Å². The zero-order chi connectivity index (χ0) is 16.1. The molecule has 2 aromatic rings. The minimum absolute atomic E-state index is 0.115. The molecule has 1 N–H and O–H groups in total. The Bertz CT molecular complexity index is 644. The maximum Gasteiger partial charge on any atom is 0.223 e. The van der Waals surface area contributed by atoms with Gasteiger partial charge < -0.3 is 5.32 Å². The summed E-state index contributed by atoms with van der Waals surface area (Å²) in [5.74, 6) is 0.263. The van der Waals surface area contributed by atoms with E-state index in [2.05, 4.69) is 43.2 Å². The zero-order valence-corrected chi connectivity index (χ0v) is 14.6. The lowest BCUT2D eigenvalue weighted by Crippen LogP contribution is -2.29. The molecule has 0 aliphatic carbocycles. The number of benzene rings is 1. The van der Waals surface area contributed by atoms with Crippen LogP contribution in [0.1, 0.15) is 42.8 Å². The average molecular weight is 316 g/mol. The SMILES string of the molecule is CCC(CC)C(=O)NCc1sc(-c2ccccc2C)nc1C. The molecule has 0 aliphatic heterocycles. The van der Waals surface area contributed by atoms with Gasteiger partial charge in [-0.3, -0.25) is 4.79 Å². The van der Waals surface area contributed by atoms with Crippen LogP contribution in [0.4, 0.5) is 0 Å². The van der Waals surface area contributed by atoms with E-state index >= 15 is 0 Å². The Morgan fingerprint density at radius 2 is 1.91 bits per heavy atom. The van der Waals surface area contributed by atoms with Crippen LogP contribution in [0.2, 0.25) is 0 Å². The van der Waals surface area contributed by atoms with Crippen molar-refractivity contribution < 1.29 is 4.79 Å². The third kappa shape index (κ3) is 3.74. The monoisotopic (exact) mass is 316 g/mol. The lowest BCUT2D eigenvalue weighted by molar-refractivity contribution is -0.125. The van der Waals surface area contributed by atoms with E-state index in [-0.39, 0.29) is 11.8 Å². The number of nitrogens with one attached hydrogen (secondary N) is 1. The van der Waals surface area contributed by atoms with Crippen molar-refractivity contribution >= 4 is 17.2 Å². The van der Waals surface area contributed by atoms with Crippen LogP contribution < -0.4 is 5.32 Å². The number of aromatic nitrogens is 1. The summed E-state index contributed by atoms with van der Waals surface area (Å²) in [6.45, 7) is 8.80. The molecular formula is C18H24N2OS. The third-order valence-electron chi connectivity index (χ3n) is 4.05. The average Bonchev–Trinajstić information content (AvgIpc) is 2.88. The number of hydrogen-bond donors (Lipinski definition) is 1. The summed E-state index contributed by atoms with van der Waals surface area (Å²) in [5, 5.41) is 4.08. The molecule has 0 bridgehead atoms. The summed E-state index contributed by atoms with van der Waals surface area (Å²) in [7, 11) is 0. The number of carbonyl (C=O) groups is 1. The van der Waals surface area contributed by atoms with Crippen molar-refractivity contribution in [2.24, 2.45) is 5.92 Å². The van der Waals surface area contributed by atoms with Crippen LogP contribution in [0, 0.1) is 19.8 Å². The fourth-order valence-electron chi connectivity index (χ4n) is 2.49. The molecule has 0 fully saturated rings. The van der Waals surface area contributed by atoms with E-state index in [9.17, 15) is 4.79 Å². The van der Waals surface area contributed by atoms with Gasteiger partial charge in [-0.05, 0) is 32.3 Å². The van der Waals surface area contributed by atoms with E-state index in [0.29, 0.717) is 6.54 Å². The lowest BCUT2D eigenvalue weighted by atomic mass is 10.0. The lowest BCUT2D eigenvalue weighted by Gasteiger charge is -2.12. The molecule has 1 heterocycles. The second-order valence-corrected chi connectivity index (χ2v) is 6.66. The van der Waals surface area contributed by atoms with Gasteiger partial charge in [-0.25, -0.2) is 4.98 Å². The summed E-state index contributed by atoms with van der Waals surface area (Å²) in [5.41, 5.74) is 3.41. The van der Waals surface area contributed by atoms with E-state index in [0.717, 1.165) is 28.4 Å². The molecule has 0 spiro atoms. The Labute approximate surface area is 136 Å². The van der Waals surface area contributed by atoms with E-state index in [1.54, 1.807) is 11.3 Å². The van der Waals surface area contributed by atoms with Gasteiger partial charge in [0.15, 0.2) is 0 Å². The molecule has 118 valence electrons. The third-order valence-corrected chi connectivity index (χ3v) is 5.24. The molecular weight excluding hydrogens is 292 g/mol. The van der Waals surface area contributed by atoms with Gasteiger partial charge in [0.2, 0.25) is 5.91 Å². The molecule has 22 heavy (non-hydrogen) atoms. The number of nitrogens with zero attached hydrogens (tertiary/aromatic N) is 1. The first kappa shape index (κ1) is 16.7. The Kier molecular flexibility index (Phi) is 5.72. The zero-order valence-electron chi connectivity index (χ0n) is 13.8. The molecule has 1 aromatic carbocycles. The maximum atomic E-state index is 12.1. The number of hydrogen-bond acceptors (Lipinski definition) is 3. The van der Waals surface area contributed by atoms with Crippen LogP contribution in [0.25, 0.3) is 10.6 Å². The normalized spacial score (nSPS) is 11.0. The predicted octanol–water partition coefficient (Wildman–Crippen LogP) is 4.48. The maximum absolute atomic E-state index is 12.1. The highest BCUT2D eigenvalue weighted by atomic mass is 32.1. The minimum Gasteiger partial charge on any atom is -0.351 e. The molecule has 1 aromatic heterocycles. The second-order valence-electron chi connectivity index (χ2n) is 5.57. The van der Waals surface area contributed by atoms with Gasteiger partial charge in [-0.1, -0.05) is 38.1 Å². The molecule has 3 nitrogen and oxygen atoms in total. The number of carbonyl (C=O) groups excluding carboxylic acids is 1. The van der Waals surface area contributed by atoms with Gasteiger partial charge >= 0.3 is 0 Å². The highest BCUT2D eigenvalue weighted by Gasteiger charge is 2.16. The van der Waals surface area contributed by atoms with Crippen molar-refractivity contribution in [3.63, 3.8) is 0 Å². The molecule has 0 radical (unpaired) electrons. The van der Waals surface area contributed by atoms with Crippen molar-refractivity contribution in [1.82, 2.24) is 10.3 Å². The summed E-state index contributed by atoms with van der Waals surface area (Å²) in [6.07, 6.45) is 1.77. The molecule has 4 heteroatoms. The molecule has 2 rings (SSSR count). The topological polar surface area (TPSA) is 42.0 Å². The second kappa shape index (κ2) is 7.54. The predicted molar refractivity (Wildman–Crippen MR) is 92.9 cm³/mol. The smallest absolute Gasteiger partial charge is 0.223 e. The van der Waals surface area contributed by atoms with Crippen molar-refractivity contribution in [2.45, 2.75) is 47.1 Å². The number of rotatable bonds is 6. The molecule has 0 aliphatic rings. The summed E-state index contributed by atoms with van der Waals surface area (Å²) >= 11 is 1.67. The van der Waals surface area contributed by atoms with Crippen molar-refractivity contribution in [1.29, 1.82) is 0 Å². The summed E-state index contributed by atoms with van der Waals surface area (Å²) in [4.78, 5) is 17.9. The molecule has 0 atom stereocenters. The standard InChI is InChI=1S/C18H24N2OS/c1-5-14(6-2)17(21)19-11-16-13(4)20-18(22-16)15-10-8-7-9-12(15)3/h7-10,14H,5-6,11H2,1-4H3,(H,19,21). The molecule has 0 saturated carbocycles.